The molecule has 0 aliphatic rings. The first-order valence-electron chi connectivity index (χ1n) is 6.80. The second kappa shape index (κ2) is 6.53. The van der Waals surface area contributed by atoms with Gasteiger partial charge in [-0.25, -0.2) is 9.49 Å². The van der Waals surface area contributed by atoms with Crippen LogP contribution in [-0.4, -0.2) is 28.2 Å². The normalized spacial score (nSPS) is 11.0. The van der Waals surface area contributed by atoms with Gasteiger partial charge < -0.3 is 4.74 Å². The van der Waals surface area contributed by atoms with Crippen LogP contribution in [0.3, 0.4) is 0 Å². The standard InChI is InChI=1S/C16H13FN4OS/c1-22-13-8-6-11(7-9-13)15-19-20-16(23)21(15)18-10-12-4-2-3-5-14(12)17/h2-10H,1H3,(H,20,23)/b18-10+. The van der Waals surface area contributed by atoms with Crippen molar-refractivity contribution in [2.45, 2.75) is 0 Å². The van der Waals surface area contributed by atoms with Gasteiger partial charge in [-0.05, 0) is 42.5 Å². The number of aromatic amines is 1. The average molecular weight is 328 g/mol. The molecule has 0 saturated heterocycles. The number of hydrogen-bond donors (Lipinski definition) is 1. The van der Waals surface area contributed by atoms with Crippen molar-refractivity contribution in [2.75, 3.05) is 7.11 Å². The predicted molar refractivity (Wildman–Crippen MR) is 88.8 cm³/mol. The minimum atomic E-state index is -0.350. The van der Waals surface area contributed by atoms with Gasteiger partial charge in [-0.2, -0.15) is 14.9 Å². The first-order valence-corrected chi connectivity index (χ1v) is 7.20. The van der Waals surface area contributed by atoms with E-state index in [1.807, 2.05) is 24.3 Å². The Morgan fingerprint density at radius 1 is 1.22 bits per heavy atom. The molecule has 0 aliphatic carbocycles. The fraction of sp³-hybridized carbons (Fsp3) is 0.0625. The molecule has 0 unspecified atom stereocenters. The van der Waals surface area contributed by atoms with Crippen molar-refractivity contribution in [1.82, 2.24) is 14.9 Å². The number of halogens is 1. The Morgan fingerprint density at radius 3 is 2.65 bits per heavy atom. The third-order valence-electron chi connectivity index (χ3n) is 3.22. The van der Waals surface area contributed by atoms with Crippen molar-refractivity contribution in [1.29, 1.82) is 0 Å². The van der Waals surface area contributed by atoms with E-state index in [0.717, 1.165) is 11.3 Å². The maximum atomic E-state index is 13.7. The lowest BCUT2D eigenvalue weighted by Gasteiger charge is -2.03. The molecule has 0 aliphatic heterocycles. The molecule has 0 atom stereocenters. The van der Waals surface area contributed by atoms with Crippen molar-refractivity contribution >= 4 is 18.4 Å². The Hall–Kier alpha value is -2.80. The second-order valence-electron chi connectivity index (χ2n) is 4.66. The largest absolute Gasteiger partial charge is 0.497 e. The molecule has 23 heavy (non-hydrogen) atoms. The number of nitrogens with zero attached hydrogens (tertiary/aromatic N) is 3. The molecule has 1 N–H and O–H groups in total. The van der Waals surface area contributed by atoms with E-state index in [1.165, 1.54) is 17.0 Å². The summed E-state index contributed by atoms with van der Waals surface area (Å²) in [4.78, 5) is 0. The Morgan fingerprint density at radius 2 is 1.96 bits per heavy atom. The van der Waals surface area contributed by atoms with Crippen molar-refractivity contribution < 1.29 is 9.13 Å². The first-order chi connectivity index (χ1) is 11.2. The van der Waals surface area contributed by atoms with Crippen LogP contribution in [0.4, 0.5) is 4.39 Å². The molecule has 0 saturated carbocycles. The number of hydrogen-bond acceptors (Lipinski definition) is 4. The number of nitrogens with one attached hydrogen (secondary N) is 1. The van der Waals surface area contributed by atoms with Crippen molar-refractivity contribution in [3.8, 4) is 17.1 Å². The fourth-order valence-corrected chi connectivity index (χ4v) is 2.20. The highest BCUT2D eigenvalue weighted by atomic mass is 32.1. The van der Waals surface area contributed by atoms with Crippen LogP contribution in [0.1, 0.15) is 5.56 Å². The molecule has 0 bridgehead atoms. The van der Waals surface area contributed by atoms with Crippen LogP contribution in [0.2, 0.25) is 0 Å². The monoisotopic (exact) mass is 328 g/mol. The van der Waals surface area contributed by atoms with Crippen LogP contribution < -0.4 is 4.74 Å². The maximum absolute atomic E-state index is 13.7. The third-order valence-corrected chi connectivity index (χ3v) is 3.48. The number of rotatable bonds is 4. The number of H-pyrrole nitrogens is 1. The number of benzene rings is 2. The lowest BCUT2D eigenvalue weighted by Crippen LogP contribution is -1.96. The van der Waals surface area contributed by atoms with E-state index in [1.54, 1.807) is 25.3 Å². The van der Waals surface area contributed by atoms with E-state index < -0.39 is 0 Å². The fourth-order valence-electron chi connectivity index (χ4n) is 2.03. The van der Waals surface area contributed by atoms with E-state index in [4.69, 9.17) is 17.0 Å². The zero-order valence-corrected chi connectivity index (χ0v) is 13.0. The lowest BCUT2D eigenvalue weighted by molar-refractivity contribution is 0.415. The molecule has 7 heteroatoms. The highest BCUT2D eigenvalue weighted by molar-refractivity contribution is 7.71. The van der Waals surface area contributed by atoms with Crippen LogP contribution >= 0.6 is 12.2 Å². The zero-order chi connectivity index (χ0) is 16.2. The molecule has 3 rings (SSSR count). The van der Waals surface area contributed by atoms with Gasteiger partial charge in [0.05, 0.1) is 13.3 Å². The molecule has 2 aromatic carbocycles. The second-order valence-corrected chi connectivity index (χ2v) is 5.05. The van der Waals surface area contributed by atoms with Gasteiger partial charge in [0.25, 0.3) is 0 Å². The molecule has 0 radical (unpaired) electrons. The SMILES string of the molecule is COc1ccc(-c2n[nH]c(=S)n2/N=C/c2ccccc2F)cc1. The highest BCUT2D eigenvalue weighted by Crippen LogP contribution is 2.20. The molecule has 1 heterocycles. The van der Waals surface area contributed by atoms with Crippen molar-refractivity contribution in [2.24, 2.45) is 5.10 Å². The number of ether oxygens (including phenoxy) is 1. The Labute approximate surface area is 137 Å². The van der Waals surface area contributed by atoms with Crippen LogP contribution in [0.25, 0.3) is 11.4 Å². The van der Waals surface area contributed by atoms with Gasteiger partial charge in [0.1, 0.15) is 11.6 Å². The van der Waals surface area contributed by atoms with E-state index in [-0.39, 0.29) is 5.82 Å². The summed E-state index contributed by atoms with van der Waals surface area (Å²) in [6.07, 6.45) is 1.41. The first kappa shape index (κ1) is 15.1. The topological polar surface area (TPSA) is 55.2 Å². The van der Waals surface area contributed by atoms with Crippen LogP contribution in [0.15, 0.2) is 53.6 Å². The van der Waals surface area contributed by atoms with E-state index >= 15 is 0 Å². The van der Waals surface area contributed by atoms with E-state index in [0.29, 0.717) is 16.2 Å². The molecule has 0 spiro atoms. The van der Waals surface area contributed by atoms with Gasteiger partial charge in [-0.1, -0.05) is 18.2 Å². The average Bonchev–Trinajstić information content (AvgIpc) is 2.95. The molecule has 1 aromatic heterocycles. The lowest BCUT2D eigenvalue weighted by atomic mass is 10.2. The van der Waals surface area contributed by atoms with Gasteiger partial charge in [0, 0.05) is 11.1 Å². The van der Waals surface area contributed by atoms with Gasteiger partial charge >= 0.3 is 0 Å². The quantitative estimate of drug-likeness (QED) is 0.588. The minimum Gasteiger partial charge on any atom is -0.497 e. The zero-order valence-electron chi connectivity index (χ0n) is 12.2. The summed E-state index contributed by atoms with van der Waals surface area (Å²) in [7, 11) is 1.60. The van der Waals surface area contributed by atoms with E-state index in [9.17, 15) is 4.39 Å². The molecule has 0 fully saturated rings. The molecular formula is C16H13FN4OS. The van der Waals surface area contributed by atoms with Crippen LogP contribution in [0.5, 0.6) is 5.75 Å². The molecule has 5 nitrogen and oxygen atoms in total. The van der Waals surface area contributed by atoms with E-state index in [2.05, 4.69) is 15.3 Å². The van der Waals surface area contributed by atoms with Crippen molar-refractivity contribution in [3.05, 3.63) is 64.7 Å². The molecule has 116 valence electrons. The van der Waals surface area contributed by atoms with Gasteiger partial charge in [-0.3, -0.25) is 0 Å². The molecule has 0 amide bonds. The summed E-state index contributed by atoms with van der Waals surface area (Å²) in [5.74, 6) is 0.923. The van der Waals surface area contributed by atoms with Gasteiger partial charge in [0.15, 0.2) is 5.82 Å². The summed E-state index contributed by atoms with van der Waals surface area (Å²) in [6, 6.07) is 13.7. The van der Waals surface area contributed by atoms with Gasteiger partial charge in [-0.15, -0.1) is 0 Å². The summed E-state index contributed by atoms with van der Waals surface area (Å²) in [6.45, 7) is 0. The summed E-state index contributed by atoms with van der Waals surface area (Å²) < 4.78 is 20.6. The Bertz CT molecular complexity index is 899. The predicted octanol–water partition coefficient (Wildman–Crippen LogP) is 3.64. The summed E-state index contributed by atoms with van der Waals surface area (Å²) >= 11 is 5.18. The third kappa shape index (κ3) is 3.19. The molecular weight excluding hydrogens is 315 g/mol. The van der Waals surface area contributed by atoms with Crippen molar-refractivity contribution in [3.63, 3.8) is 0 Å². The summed E-state index contributed by atoms with van der Waals surface area (Å²) in [5, 5.41) is 11.1. The Kier molecular flexibility index (Phi) is 4.29. The maximum Gasteiger partial charge on any atom is 0.216 e. The smallest absolute Gasteiger partial charge is 0.216 e. The van der Waals surface area contributed by atoms with Gasteiger partial charge in [0.2, 0.25) is 4.77 Å². The van der Waals surface area contributed by atoms with Crippen LogP contribution in [-0.2, 0) is 0 Å². The van der Waals surface area contributed by atoms with Crippen LogP contribution in [0, 0.1) is 10.6 Å². The molecule has 3 aromatic rings. The Balaban J connectivity index is 1.99. The number of aromatic nitrogens is 3. The minimum absolute atomic E-state index is 0.323. The highest BCUT2D eigenvalue weighted by Gasteiger charge is 2.08. The number of methoxy groups -OCH3 is 1. The summed E-state index contributed by atoms with van der Waals surface area (Å²) in [5.41, 5.74) is 1.18.